The molecule has 0 radical (unpaired) electrons. The number of ether oxygens (including phenoxy) is 1. The Kier molecular flexibility index (Phi) is 7.49. The van der Waals surface area contributed by atoms with Gasteiger partial charge in [-0.3, -0.25) is 9.59 Å². The van der Waals surface area contributed by atoms with E-state index in [4.69, 9.17) is 9.73 Å². The molecule has 3 rings (SSSR count). The minimum Gasteiger partial charge on any atom is -0.466 e. The summed E-state index contributed by atoms with van der Waals surface area (Å²) < 4.78 is 5.16. The number of piperidine rings is 1. The highest BCUT2D eigenvalue weighted by Crippen LogP contribution is 2.22. The van der Waals surface area contributed by atoms with Crippen molar-refractivity contribution >= 4 is 23.5 Å². The van der Waals surface area contributed by atoms with Crippen LogP contribution in [0.3, 0.4) is 0 Å². The number of anilines is 1. The first-order chi connectivity index (χ1) is 14.1. The van der Waals surface area contributed by atoms with E-state index in [0.717, 1.165) is 62.7 Å². The lowest BCUT2D eigenvalue weighted by molar-refractivity contribution is -0.149. The Balaban J connectivity index is 1.58. The van der Waals surface area contributed by atoms with Gasteiger partial charge in [-0.05, 0) is 50.8 Å². The Morgan fingerprint density at radius 1 is 1.17 bits per heavy atom. The largest absolute Gasteiger partial charge is 0.466 e. The molecule has 7 heteroatoms. The molecule has 2 aliphatic rings. The number of rotatable bonds is 6. The predicted octanol–water partition coefficient (Wildman–Crippen LogP) is 2.55. The van der Waals surface area contributed by atoms with E-state index in [-0.39, 0.29) is 17.8 Å². The van der Waals surface area contributed by atoms with E-state index in [1.807, 2.05) is 36.1 Å². The molecule has 2 aliphatic heterocycles. The summed E-state index contributed by atoms with van der Waals surface area (Å²) in [5.74, 6) is 1.01. The van der Waals surface area contributed by atoms with Gasteiger partial charge >= 0.3 is 5.97 Å². The Labute approximate surface area is 173 Å². The van der Waals surface area contributed by atoms with Gasteiger partial charge in [0.15, 0.2) is 5.96 Å². The van der Waals surface area contributed by atoms with E-state index < -0.39 is 0 Å². The molecule has 2 saturated heterocycles. The summed E-state index contributed by atoms with van der Waals surface area (Å²) in [6.45, 7) is 8.12. The number of carbonyl (C=O) groups is 2. The average molecular weight is 401 g/mol. The van der Waals surface area contributed by atoms with Crippen molar-refractivity contribution in [3.8, 4) is 0 Å². The summed E-state index contributed by atoms with van der Waals surface area (Å²) in [5, 5.41) is 3.36. The van der Waals surface area contributed by atoms with Crippen molar-refractivity contribution in [2.24, 2.45) is 10.9 Å². The van der Waals surface area contributed by atoms with Crippen LogP contribution >= 0.6 is 0 Å². The summed E-state index contributed by atoms with van der Waals surface area (Å²) in [5.41, 5.74) is 2.07. The van der Waals surface area contributed by atoms with E-state index in [2.05, 4.69) is 17.1 Å². The molecule has 7 nitrogen and oxygen atoms in total. The molecule has 0 aromatic heterocycles. The Morgan fingerprint density at radius 3 is 2.48 bits per heavy atom. The lowest BCUT2D eigenvalue weighted by Gasteiger charge is -2.33. The SMILES string of the molecule is CCNC(=NCc1ccc(N2CCCC2=O)cc1)N1CCC(C(=O)OCC)CC1. The molecule has 2 fully saturated rings. The predicted molar refractivity (Wildman–Crippen MR) is 114 cm³/mol. The maximum atomic E-state index is 11.9. The minimum absolute atomic E-state index is 0.00471. The molecule has 1 N–H and O–H groups in total. The third-order valence-electron chi connectivity index (χ3n) is 5.48. The highest BCUT2D eigenvalue weighted by Gasteiger charge is 2.27. The van der Waals surface area contributed by atoms with Crippen molar-refractivity contribution in [3.05, 3.63) is 29.8 Å². The number of hydrogen-bond acceptors (Lipinski definition) is 4. The second kappa shape index (κ2) is 10.3. The molecule has 1 amide bonds. The highest BCUT2D eigenvalue weighted by molar-refractivity contribution is 5.95. The van der Waals surface area contributed by atoms with Crippen molar-refractivity contribution in [2.75, 3.05) is 37.7 Å². The fourth-order valence-electron chi connectivity index (χ4n) is 3.88. The van der Waals surface area contributed by atoms with Crippen molar-refractivity contribution in [1.29, 1.82) is 0 Å². The van der Waals surface area contributed by atoms with Crippen LogP contribution in [0.1, 0.15) is 45.1 Å². The molecule has 29 heavy (non-hydrogen) atoms. The molecule has 0 unspecified atom stereocenters. The van der Waals surface area contributed by atoms with Gasteiger partial charge in [-0.1, -0.05) is 12.1 Å². The Hall–Kier alpha value is -2.57. The van der Waals surface area contributed by atoms with Gasteiger partial charge in [-0.15, -0.1) is 0 Å². The molecule has 0 atom stereocenters. The number of benzene rings is 1. The van der Waals surface area contributed by atoms with Gasteiger partial charge in [0.25, 0.3) is 0 Å². The number of aliphatic imine (C=N–C) groups is 1. The maximum Gasteiger partial charge on any atom is 0.309 e. The quantitative estimate of drug-likeness (QED) is 0.451. The molecule has 0 spiro atoms. The first-order valence-electron chi connectivity index (χ1n) is 10.7. The van der Waals surface area contributed by atoms with Crippen LogP contribution in [0, 0.1) is 5.92 Å². The Morgan fingerprint density at radius 2 is 1.90 bits per heavy atom. The van der Waals surface area contributed by atoms with Crippen LogP contribution in [0.4, 0.5) is 5.69 Å². The van der Waals surface area contributed by atoms with Crippen LogP contribution in [0.25, 0.3) is 0 Å². The van der Waals surface area contributed by atoms with Crippen molar-refractivity contribution < 1.29 is 14.3 Å². The van der Waals surface area contributed by atoms with Gasteiger partial charge in [-0.2, -0.15) is 0 Å². The van der Waals surface area contributed by atoms with Crippen molar-refractivity contribution in [2.45, 2.75) is 46.1 Å². The fourth-order valence-corrected chi connectivity index (χ4v) is 3.88. The number of amides is 1. The Bertz CT molecular complexity index is 724. The molecule has 0 saturated carbocycles. The van der Waals surface area contributed by atoms with Crippen LogP contribution in [-0.4, -0.2) is 55.5 Å². The van der Waals surface area contributed by atoms with Crippen LogP contribution < -0.4 is 10.2 Å². The first kappa shape index (κ1) is 21.1. The number of carbonyl (C=O) groups excluding carboxylic acids is 2. The van der Waals surface area contributed by atoms with E-state index in [1.54, 1.807) is 0 Å². The third kappa shape index (κ3) is 5.49. The topological polar surface area (TPSA) is 74.2 Å². The van der Waals surface area contributed by atoms with Crippen LogP contribution in [0.2, 0.25) is 0 Å². The lowest BCUT2D eigenvalue weighted by Crippen LogP contribution is -2.46. The van der Waals surface area contributed by atoms with Crippen molar-refractivity contribution in [3.63, 3.8) is 0 Å². The standard InChI is InChI=1S/C22H32N4O3/c1-3-23-22(25-14-11-18(12-15-25)21(28)29-4-2)24-16-17-7-9-19(10-8-17)26-13-5-6-20(26)27/h7-10,18H,3-6,11-16H2,1-2H3,(H,23,24). The molecular weight excluding hydrogens is 368 g/mol. The second-order valence-electron chi connectivity index (χ2n) is 7.50. The van der Waals surface area contributed by atoms with E-state index in [1.165, 1.54) is 0 Å². The zero-order valence-electron chi connectivity index (χ0n) is 17.5. The van der Waals surface area contributed by atoms with Gasteiger partial charge in [0.05, 0.1) is 19.1 Å². The van der Waals surface area contributed by atoms with Gasteiger partial charge in [0, 0.05) is 38.3 Å². The van der Waals surface area contributed by atoms with Crippen LogP contribution in [-0.2, 0) is 20.9 Å². The molecule has 1 aromatic rings. The number of nitrogens with zero attached hydrogens (tertiary/aromatic N) is 3. The van der Waals surface area contributed by atoms with Crippen molar-refractivity contribution in [1.82, 2.24) is 10.2 Å². The summed E-state index contributed by atoms with van der Waals surface area (Å²) in [6.07, 6.45) is 3.17. The number of likely N-dealkylation sites (tertiary alicyclic amines) is 1. The van der Waals surface area contributed by atoms with Gasteiger partial charge < -0.3 is 19.9 Å². The van der Waals surface area contributed by atoms with E-state index in [9.17, 15) is 9.59 Å². The second-order valence-corrected chi connectivity index (χ2v) is 7.50. The zero-order valence-corrected chi connectivity index (χ0v) is 17.5. The number of hydrogen-bond donors (Lipinski definition) is 1. The van der Waals surface area contributed by atoms with E-state index >= 15 is 0 Å². The van der Waals surface area contributed by atoms with Gasteiger partial charge in [-0.25, -0.2) is 4.99 Å². The number of esters is 1. The van der Waals surface area contributed by atoms with Gasteiger partial charge in [0.1, 0.15) is 0 Å². The first-order valence-corrected chi connectivity index (χ1v) is 10.7. The average Bonchev–Trinajstić information content (AvgIpc) is 3.18. The summed E-state index contributed by atoms with van der Waals surface area (Å²) >= 11 is 0. The highest BCUT2D eigenvalue weighted by atomic mass is 16.5. The molecule has 2 heterocycles. The van der Waals surface area contributed by atoms with Gasteiger partial charge in [0.2, 0.25) is 5.91 Å². The van der Waals surface area contributed by atoms with Crippen LogP contribution in [0.15, 0.2) is 29.3 Å². The lowest BCUT2D eigenvalue weighted by atomic mass is 9.97. The number of guanidine groups is 1. The normalized spacial score (nSPS) is 18.3. The van der Waals surface area contributed by atoms with Crippen LogP contribution in [0.5, 0.6) is 0 Å². The summed E-state index contributed by atoms with van der Waals surface area (Å²) in [7, 11) is 0. The molecular formula is C22H32N4O3. The summed E-state index contributed by atoms with van der Waals surface area (Å²) in [4.78, 5) is 32.7. The maximum absolute atomic E-state index is 11.9. The number of nitrogens with one attached hydrogen (secondary N) is 1. The van der Waals surface area contributed by atoms with E-state index in [0.29, 0.717) is 19.6 Å². The smallest absolute Gasteiger partial charge is 0.309 e. The monoisotopic (exact) mass is 400 g/mol. The minimum atomic E-state index is -0.0781. The summed E-state index contributed by atoms with van der Waals surface area (Å²) in [6, 6.07) is 8.10. The zero-order chi connectivity index (χ0) is 20.6. The fraction of sp³-hybridized carbons (Fsp3) is 0.591. The third-order valence-corrected chi connectivity index (χ3v) is 5.48. The molecule has 0 bridgehead atoms. The molecule has 0 aliphatic carbocycles. The molecule has 1 aromatic carbocycles. The molecule has 158 valence electrons.